The minimum absolute atomic E-state index is 0.0377. The number of aromatic nitrogens is 2. The van der Waals surface area contributed by atoms with Gasteiger partial charge in [0.05, 0.1) is 21.5 Å². The lowest BCUT2D eigenvalue weighted by atomic mass is 10.2. The Labute approximate surface area is 193 Å². The number of rotatable bonds is 6. The second kappa shape index (κ2) is 9.01. The number of hydrogen-bond donors (Lipinski definition) is 1. The van der Waals surface area contributed by atoms with Crippen molar-refractivity contribution in [3.05, 3.63) is 68.9 Å². The summed E-state index contributed by atoms with van der Waals surface area (Å²) in [5, 5.41) is -0.0572. The molecule has 2 aromatic carbocycles. The van der Waals surface area contributed by atoms with Gasteiger partial charge in [-0.1, -0.05) is 0 Å². The number of aryl methyl sites for hydroxylation is 1. The average Bonchev–Trinajstić information content (AvgIpc) is 3.34. The molecule has 1 aliphatic heterocycles. The lowest BCUT2D eigenvalue weighted by Gasteiger charge is -2.16. The number of likely N-dealkylation sites (tertiary alicyclic amines) is 1. The largest absolute Gasteiger partial charge is 0.343 e. The molecule has 1 amide bonds. The van der Waals surface area contributed by atoms with Crippen LogP contribution in [0.3, 0.4) is 0 Å². The first-order valence-corrected chi connectivity index (χ1v) is 12.1. The van der Waals surface area contributed by atoms with Gasteiger partial charge in [-0.3, -0.25) is 23.4 Å². The Morgan fingerprint density at radius 2 is 1.76 bits per heavy atom. The van der Waals surface area contributed by atoms with Gasteiger partial charge in [0.1, 0.15) is 11.6 Å². The van der Waals surface area contributed by atoms with Crippen molar-refractivity contribution in [2.24, 2.45) is 7.05 Å². The number of nitrogens with zero attached hydrogens (tertiary/aromatic N) is 3. The minimum atomic E-state index is -4.34. The van der Waals surface area contributed by atoms with Crippen LogP contribution in [0.2, 0.25) is 0 Å². The van der Waals surface area contributed by atoms with Crippen molar-refractivity contribution in [2.45, 2.75) is 30.7 Å². The van der Waals surface area contributed by atoms with E-state index in [9.17, 15) is 31.6 Å². The maximum Gasteiger partial charge on any atom is 0.331 e. The van der Waals surface area contributed by atoms with Crippen LogP contribution in [-0.2, 0) is 28.4 Å². The summed E-state index contributed by atoms with van der Waals surface area (Å²) in [6, 6.07) is 5.94. The molecule has 3 aromatic rings. The van der Waals surface area contributed by atoms with E-state index in [0.29, 0.717) is 19.2 Å². The summed E-state index contributed by atoms with van der Waals surface area (Å²) in [5.41, 5.74) is -1.63. The first kappa shape index (κ1) is 23.6. The van der Waals surface area contributed by atoms with Crippen molar-refractivity contribution in [1.29, 1.82) is 0 Å². The number of halogens is 2. The smallest absolute Gasteiger partial charge is 0.331 e. The molecule has 4 rings (SSSR count). The van der Waals surface area contributed by atoms with Crippen LogP contribution in [0.5, 0.6) is 0 Å². The number of benzene rings is 2. The molecule has 34 heavy (non-hydrogen) atoms. The van der Waals surface area contributed by atoms with Gasteiger partial charge in [0, 0.05) is 39.2 Å². The minimum Gasteiger partial charge on any atom is -0.343 e. The first-order chi connectivity index (χ1) is 16.1. The van der Waals surface area contributed by atoms with Crippen molar-refractivity contribution in [1.82, 2.24) is 14.0 Å². The second-order valence-corrected chi connectivity index (χ2v) is 9.73. The summed E-state index contributed by atoms with van der Waals surface area (Å²) in [7, 11) is -2.90. The van der Waals surface area contributed by atoms with E-state index in [0.717, 1.165) is 35.6 Å². The van der Waals surface area contributed by atoms with E-state index in [1.807, 2.05) is 4.72 Å². The van der Waals surface area contributed by atoms with Crippen LogP contribution in [-0.4, -0.2) is 41.4 Å². The van der Waals surface area contributed by atoms with E-state index in [1.165, 1.54) is 23.7 Å². The highest BCUT2D eigenvalue weighted by Crippen LogP contribution is 2.22. The van der Waals surface area contributed by atoms with Crippen LogP contribution < -0.4 is 16.0 Å². The molecule has 0 atom stereocenters. The van der Waals surface area contributed by atoms with Gasteiger partial charge in [-0.05, 0) is 43.2 Å². The standard InChI is InChI=1S/C22H22F2N4O5S/c1-26-19-7-5-15(34(32,33)25-18-6-4-14(23)12-17(18)24)13-16(19)21(30)28(22(26)31)11-8-20(29)27-9-2-3-10-27/h4-7,12-13,25H,2-3,8-11H2,1H3. The average molecular weight is 493 g/mol. The molecule has 1 fully saturated rings. The van der Waals surface area contributed by atoms with Crippen molar-refractivity contribution in [2.75, 3.05) is 17.8 Å². The monoisotopic (exact) mass is 492 g/mol. The highest BCUT2D eigenvalue weighted by atomic mass is 32.2. The summed E-state index contributed by atoms with van der Waals surface area (Å²) in [5.74, 6) is -2.12. The molecule has 180 valence electrons. The number of anilines is 1. The highest BCUT2D eigenvalue weighted by molar-refractivity contribution is 7.92. The fourth-order valence-corrected chi connectivity index (χ4v) is 5.06. The van der Waals surface area contributed by atoms with Crippen LogP contribution in [0.25, 0.3) is 10.9 Å². The Hall–Kier alpha value is -3.54. The second-order valence-electron chi connectivity index (χ2n) is 8.04. The van der Waals surface area contributed by atoms with Gasteiger partial charge >= 0.3 is 5.69 Å². The Kier molecular flexibility index (Phi) is 6.26. The van der Waals surface area contributed by atoms with Gasteiger partial charge in [0.15, 0.2) is 0 Å². The van der Waals surface area contributed by atoms with Crippen molar-refractivity contribution < 1.29 is 22.0 Å². The molecule has 1 aliphatic rings. The van der Waals surface area contributed by atoms with Crippen molar-refractivity contribution in [3.63, 3.8) is 0 Å². The molecule has 0 saturated carbocycles. The normalized spacial score (nSPS) is 14.0. The molecular weight excluding hydrogens is 470 g/mol. The summed E-state index contributed by atoms with van der Waals surface area (Å²) in [6.07, 6.45) is 1.79. The zero-order chi connectivity index (χ0) is 24.6. The number of nitrogens with one attached hydrogen (secondary N) is 1. The molecule has 0 unspecified atom stereocenters. The lowest BCUT2D eigenvalue weighted by molar-refractivity contribution is -0.130. The Balaban J connectivity index is 1.70. The van der Waals surface area contributed by atoms with Gasteiger partial charge in [0.25, 0.3) is 15.6 Å². The molecule has 1 N–H and O–H groups in total. The summed E-state index contributed by atoms with van der Waals surface area (Å²) < 4.78 is 56.8. The predicted octanol–water partition coefficient (Wildman–Crippen LogP) is 1.79. The third kappa shape index (κ3) is 4.45. The van der Waals surface area contributed by atoms with Gasteiger partial charge in [-0.25, -0.2) is 22.0 Å². The van der Waals surface area contributed by atoms with E-state index < -0.39 is 38.6 Å². The van der Waals surface area contributed by atoms with Crippen molar-refractivity contribution in [3.8, 4) is 0 Å². The Morgan fingerprint density at radius 3 is 2.44 bits per heavy atom. The SMILES string of the molecule is Cn1c(=O)n(CCC(=O)N2CCCC2)c(=O)c2cc(S(=O)(=O)Nc3ccc(F)cc3F)ccc21. The molecule has 0 aliphatic carbocycles. The quantitative estimate of drug-likeness (QED) is 0.564. The van der Waals surface area contributed by atoms with E-state index in [2.05, 4.69) is 0 Å². The number of sulfonamides is 1. The predicted molar refractivity (Wildman–Crippen MR) is 121 cm³/mol. The first-order valence-electron chi connectivity index (χ1n) is 10.6. The fraction of sp³-hybridized carbons (Fsp3) is 0.318. The summed E-state index contributed by atoms with van der Waals surface area (Å²) >= 11 is 0. The number of carbonyl (C=O) groups is 1. The Morgan fingerprint density at radius 1 is 1.06 bits per heavy atom. The molecule has 0 bridgehead atoms. The number of amides is 1. The third-order valence-corrected chi connectivity index (χ3v) is 7.18. The Bertz CT molecular complexity index is 1510. The lowest BCUT2D eigenvalue weighted by Crippen LogP contribution is -2.40. The van der Waals surface area contributed by atoms with E-state index in [1.54, 1.807) is 4.90 Å². The van der Waals surface area contributed by atoms with Gasteiger partial charge < -0.3 is 4.90 Å². The molecule has 9 nitrogen and oxygen atoms in total. The molecule has 0 spiro atoms. The van der Waals surface area contributed by atoms with Crippen molar-refractivity contribution >= 4 is 32.5 Å². The van der Waals surface area contributed by atoms with Gasteiger partial charge in [-0.2, -0.15) is 0 Å². The molecule has 0 radical (unpaired) electrons. The van der Waals surface area contributed by atoms with Gasteiger partial charge in [-0.15, -0.1) is 0 Å². The van der Waals surface area contributed by atoms with Crippen LogP contribution in [0, 0.1) is 11.6 Å². The summed E-state index contributed by atoms with van der Waals surface area (Å²) in [6.45, 7) is 1.14. The maximum atomic E-state index is 13.9. The van der Waals surface area contributed by atoms with E-state index >= 15 is 0 Å². The van der Waals surface area contributed by atoms with Crippen LogP contribution >= 0.6 is 0 Å². The zero-order valence-electron chi connectivity index (χ0n) is 18.3. The number of fused-ring (bicyclic) bond motifs is 1. The van der Waals surface area contributed by atoms with Crippen LogP contribution in [0.4, 0.5) is 14.5 Å². The third-order valence-electron chi connectivity index (χ3n) is 5.82. The topological polar surface area (TPSA) is 110 Å². The highest BCUT2D eigenvalue weighted by Gasteiger charge is 2.21. The molecule has 1 saturated heterocycles. The fourth-order valence-electron chi connectivity index (χ4n) is 3.97. The molecule has 12 heteroatoms. The molecular formula is C22H22F2N4O5S. The molecule has 2 heterocycles. The number of carbonyl (C=O) groups excluding carboxylic acids is 1. The van der Waals surface area contributed by atoms with E-state index in [4.69, 9.17) is 0 Å². The number of hydrogen-bond acceptors (Lipinski definition) is 5. The summed E-state index contributed by atoms with van der Waals surface area (Å²) in [4.78, 5) is 39.5. The van der Waals surface area contributed by atoms with Crippen LogP contribution in [0.1, 0.15) is 19.3 Å². The van der Waals surface area contributed by atoms with Gasteiger partial charge in [0.2, 0.25) is 5.91 Å². The maximum absolute atomic E-state index is 13.9. The molecule has 1 aromatic heterocycles. The zero-order valence-corrected chi connectivity index (χ0v) is 19.1. The van der Waals surface area contributed by atoms with E-state index in [-0.39, 0.29) is 34.7 Å². The van der Waals surface area contributed by atoms with Crippen LogP contribution in [0.15, 0.2) is 50.9 Å².